The Labute approximate surface area is 203 Å². The van der Waals surface area contributed by atoms with Crippen LogP contribution in [0.4, 0.5) is 0 Å². The minimum absolute atomic E-state index is 0.0536. The first-order valence-electron chi connectivity index (χ1n) is 12.3. The number of phenols is 1. The molecule has 184 valence electrons. The number of aromatic hydroxyl groups is 1. The number of amides is 1. The SMILES string of the molecule is CCCC(NC(=O)C(Cc1ccccc1)CN1CCC(C)(c2cccc(O)c2)C(C)C1)C(=O)O. The first kappa shape index (κ1) is 25.8. The van der Waals surface area contributed by atoms with Crippen LogP contribution in [0.2, 0.25) is 0 Å². The van der Waals surface area contributed by atoms with Gasteiger partial charge < -0.3 is 20.4 Å². The molecule has 4 unspecified atom stereocenters. The van der Waals surface area contributed by atoms with Crippen molar-refractivity contribution in [1.29, 1.82) is 0 Å². The Morgan fingerprint density at radius 3 is 2.53 bits per heavy atom. The van der Waals surface area contributed by atoms with Crippen molar-refractivity contribution in [2.45, 2.75) is 57.9 Å². The van der Waals surface area contributed by atoms with Crippen LogP contribution in [0.25, 0.3) is 0 Å². The lowest BCUT2D eigenvalue weighted by Crippen LogP contribution is -2.51. The smallest absolute Gasteiger partial charge is 0.326 e. The van der Waals surface area contributed by atoms with Crippen molar-refractivity contribution >= 4 is 11.9 Å². The molecule has 0 aromatic heterocycles. The minimum Gasteiger partial charge on any atom is -0.508 e. The zero-order chi connectivity index (χ0) is 24.7. The summed E-state index contributed by atoms with van der Waals surface area (Å²) in [6.07, 6.45) is 2.60. The Bertz CT molecular complexity index is 964. The van der Waals surface area contributed by atoms with E-state index in [2.05, 4.69) is 30.1 Å². The fraction of sp³-hybridized carbons (Fsp3) is 0.500. The summed E-state index contributed by atoms with van der Waals surface area (Å²) >= 11 is 0. The summed E-state index contributed by atoms with van der Waals surface area (Å²) in [6, 6.07) is 16.6. The van der Waals surface area contributed by atoms with Crippen molar-refractivity contribution in [3.8, 4) is 5.75 Å². The number of hydrogen-bond acceptors (Lipinski definition) is 4. The Hall–Kier alpha value is -2.86. The Kier molecular flexibility index (Phi) is 8.72. The summed E-state index contributed by atoms with van der Waals surface area (Å²) in [4.78, 5) is 27.2. The summed E-state index contributed by atoms with van der Waals surface area (Å²) in [6.45, 7) is 8.65. The Balaban J connectivity index is 1.73. The van der Waals surface area contributed by atoms with Gasteiger partial charge in [0.15, 0.2) is 0 Å². The van der Waals surface area contributed by atoms with Gasteiger partial charge in [-0.3, -0.25) is 4.79 Å². The number of nitrogens with zero attached hydrogens (tertiary/aromatic N) is 1. The van der Waals surface area contributed by atoms with Crippen molar-refractivity contribution < 1.29 is 19.8 Å². The third kappa shape index (κ3) is 6.38. The predicted molar refractivity (Wildman–Crippen MR) is 134 cm³/mol. The van der Waals surface area contributed by atoms with Crippen molar-refractivity contribution in [3.05, 3.63) is 65.7 Å². The summed E-state index contributed by atoms with van der Waals surface area (Å²) < 4.78 is 0. The summed E-state index contributed by atoms with van der Waals surface area (Å²) in [5.74, 6) is -0.900. The second-order valence-electron chi connectivity index (χ2n) is 9.95. The Morgan fingerprint density at radius 1 is 1.18 bits per heavy atom. The second-order valence-corrected chi connectivity index (χ2v) is 9.95. The maximum Gasteiger partial charge on any atom is 0.326 e. The molecule has 1 aliphatic rings. The van der Waals surface area contributed by atoms with Gasteiger partial charge in [0.25, 0.3) is 0 Å². The van der Waals surface area contributed by atoms with Crippen LogP contribution < -0.4 is 5.32 Å². The van der Waals surface area contributed by atoms with Gasteiger partial charge in [-0.25, -0.2) is 4.79 Å². The lowest BCUT2D eigenvalue weighted by atomic mass is 9.68. The van der Waals surface area contributed by atoms with E-state index in [-0.39, 0.29) is 23.0 Å². The van der Waals surface area contributed by atoms with Gasteiger partial charge in [-0.05, 0) is 60.4 Å². The molecule has 2 aromatic carbocycles. The molecule has 0 saturated carbocycles. The second kappa shape index (κ2) is 11.5. The Morgan fingerprint density at radius 2 is 1.91 bits per heavy atom. The molecule has 0 radical (unpaired) electrons. The zero-order valence-corrected chi connectivity index (χ0v) is 20.5. The molecule has 1 saturated heterocycles. The molecule has 6 heteroatoms. The van der Waals surface area contributed by atoms with Gasteiger partial charge in [-0.2, -0.15) is 0 Å². The monoisotopic (exact) mass is 466 g/mol. The van der Waals surface area contributed by atoms with Gasteiger partial charge >= 0.3 is 5.97 Å². The summed E-state index contributed by atoms with van der Waals surface area (Å²) in [7, 11) is 0. The van der Waals surface area contributed by atoms with Crippen molar-refractivity contribution in [2.24, 2.45) is 11.8 Å². The van der Waals surface area contributed by atoms with E-state index in [9.17, 15) is 19.8 Å². The van der Waals surface area contributed by atoms with Crippen LogP contribution in [-0.2, 0) is 21.4 Å². The number of piperidine rings is 1. The van der Waals surface area contributed by atoms with Crippen LogP contribution in [0.5, 0.6) is 5.75 Å². The third-order valence-corrected chi connectivity index (χ3v) is 7.44. The van der Waals surface area contributed by atoms with Crippen LogP contribution in [0.1, 0.15) is 51.2 Å². The van der Waals surface area contributed by atoms with E-state index in [1.54, 1.807) is 6.07 Å². The number of carbonyl (C=O) groups is 2. The molecule has 1 fully saturated rings. The van der Waals surface area contributed by atoms with Crippen LogP contribution in [0.3, 0.4) is 0 Å². The average Bonchev–Trinajstić information content (AvgIpc) is 2.81. The number of likely N-dealkylation sites (tertiary alicyclic amines) is 1. The number of rotatable bonds is 10. The van der Waals surface area contributed by atoms with Gasteiger partial charge in [-0.1, -0.05) is 69.7 Å². The first-order chi connectivity index (χ1) is 16.2. The maximum absolute atomic E-state index is 13.2. The highest BCUT2D eigenvalue weighted by atomic mass is 16.4. The van der Waals surface area contributed by atoms with Gasteiger partial charge in [0.2, 0.25) is 5.91 Å². The molecule has 0 aliphatic carbocycles. The number of nitrogens with one attached hydrogen (secondary N) is 1. The molecule has 1 amide bonds. The largest absolute Gasteiger partial charge is 0.508 e. The minimum atomic E-state index is -0.984. The van der Waals surface area contributed by atoms with E-state index < -0.39 is 12.0 Å². The molecule has 1 heterocycles. The van der Waals surface area contributed by atoms with Gasteiger partial charge in [-0.15, -0.1) is 0 Å². The van der Waals surface area contributed by atoms with E-state index in [0.717, 1.165) is 30.6 Å². The van der Waals surface area contributed by atoms with Crippen LogP contribution in [0, 0.1) is 11.8 Å². The number of carbonyl (C=O) groups excluding carboxylic acids is 1. The molecule has 3 N–H and O–H groups in total. The van der Waals surface area contributed by atoms with Gasteiger partial charge in [0.1, 0.15) is 11.8 Å². The molecule has 1 aliphatic heterocycles. The molecule has 6 nitrogen and oxygen atoms in total. The van der Waals surface area contributed by atoms with E-state index in [1.807, 2.05) is 49.4 Å². The third-order valence-electron chi connectivity index (χ3n) is 7.44. The normalized spacial score (nSPS) is 22.6. The molecule has 2 aromatic rings. The fourth-order valence-electron chi connectivity index (χ4n) is 5.06. The molecular weight excluding hydrogens is 428 g/mol. The highest BCUT2D eigenvalue weighted by Crippen LogP contribution is 2.40. The van der Waals surface area contributed by atoms with E-state index in [0.29, 0.717) is 31.7 Å². The van der Waals surface area contributed by atoms with Crippen molar-refractivity contribution in [3.63, 3.8) is 0 Å². The van der Waals surface area contributed by atoms with Gasteiger partial charge in [0, 0.05) is 13.1 Å². The zero-order valence-electron chi connectivity index (χ0n) is 20.5. The number of benzene rings is 2. The van der Waals surface area contributed by atoms with Crippen molar-refractivity contribution in [1.82, 2.24) is 10.2 Å². The van der Waals surface area contributed by atoms with E-state index >= 15 is 0 Å². The fourth-order valence-corrected chi connectivity index (χ4v) is 5.06. The number of aliphatic carboxylic acids is 1. The lowest BCUT2D eigenvalue weighted by molar-refractivity contribution is -0.142. The number of carboxylic acid groups (broad SMARTS) is 1. The predicted octanol–water partition coefficient (Wildman–Crippen LogP) is 4.22. The molecule has 3 rings (SSSR count). The van der Waals surface area contributed by atoms with Gasteiger partial charge in [0.05, 0.1) is 5.92 Å². The lowest BCUT2D eigenvalue weighted by Gasteiger charge is -2.45. The van der Waals surface area contributed by atoms with Crippen LogP contribution in [-0.4, -0.2) is 52.7 Å². The molecular formula is C28H38N2O4. The quantitative estimate of drug-likeness (QED) is 0.488. The average molecular weight is 467 g/mol. The van der Waals surface area contributed by atoms with Crippen molar-refractivity contribution in [2.75, 3.05) is 19.6 Å². The standard InChI is InChI=1S/C28H38N2O4/c1-4-9-25(27(33)34)29-26(32)22(16-21-10-6-5-7-11-21)19-30-15-14-28(3,20(2)18-30)23-12-8-13-24(31)17-23/h5-8,10-13,17,20,22,25,31H,4,9,14-16,18-19H2,1-3H3,(H,29,32)(H,33,34). The molecule has 4 atom stereocenters. The van der Waals surface area contributed by atoms with E-state index in [4.69, 9.17) is 0 Å². The van der Waals surface area contributed by atoms with Crippen LogP contribution >= 0.6 is 0 Å². The molecule has 0 bridgehead atoms. The topological polar surface area (TPSA) is 89.9 Å². The van der Waals surface area contributed by atoms with E-state index in [1.165, 1.54) is 0 Å². The number of carboxylic acids is 1. The molecule has 0 spiro atoms. The number of hydrogen-bond donors (Lipinski definition) is 3. The molecule has 34 heavy (non-hydrogen) atoms. The highest BCUT2D eigenvalue weighted by molar-refractivity contribution is 5.85. The highest BCUT2D eigenvalue weighted by Gasteiger charge is 2.39. The number of phenolic OH excluding ortho intramolecular Hbond substituents is 1. The van der Waals surface area contributed by atoms with Crippen LogP contribution in [0.15, 0.2) is 54.6 Å². The maximum atomic E-state index is 13.2. The summed E-state index contributed by atoms with van der Waals surface area (Å²) in [5.41, 5.74) is 2.16. The summed E-state index contributed by atoms with van der Waals surface area (Å²) in [5, 5.41) is 22.3. The first-order valence-corrected chi connectivity index (χ1v) is 12.3.